The molecule has 0 radical (unpaired) electrons. The lowest BCUT2D eigenvalue weighted by Crippen LogP contribution is -2.38. The molecule has 0 bridgehead atoms. The van der Waals surface area contributed by atoms with Crippen molar-refractivity contribution < 1.29 is 9.32 Å². The van der Waals surface area contributed by atoms with E-state index in [1.807, 2.05) is 41.8 Å². The van der Waals surface area contributed by atoms with Crippen LogP contribution in [0, 0.1) is 6.92 Å². The van der Waals surface area contributed by atoms with Crippen LogP contribution in [0.25, 0.3) is 22.3 Å². The first-order valence-corrected chi connectivity index (χ1v) is 11.6. The van der Waals surface area contributed by atoms with Crippen LogP contribution in [0.15, 0.2) is 47.0 Å². The number of hydrogen-bond donors (Lipinski definition) is 0. The molecule has 33 heavy (non-hydrogen) atoms. The second kappa shape index (κ2) is 8.46. The molecule has 170 valence electrons. The summed E-state index contributed by atoms with van der Waals surface area (Å²) in [5, 5.41) is 9.84. The van der Waals surface area contributed by atoms with Crippen molar-refractivity contribution in [2.75, 3.05) is 13.1 Å². The van der Waals surface area contributed by atoms with Crippen molar-refractivity contribution in [2.45, 2.75) is 45.4 Å². The maximum atomic E-state index is 12.9. The minimum atomic E-state index is 0.0924. The smallest absolute Gasteiger partial charge is 0.253 e. The third-order valence-electron chi connectivity index (χ3n) is 6.69. The Morgan fingerprint density at radius 1 is 1.09 bits per heavy atom. The molecule has 2 aromatic carbocycles. The average molecular weight is 444 g/mol. The van der Waals surface area contributed by atoms with Crippen LogP contribution in [0.5, 0.6) is 0 Å². The summed E-state index contributed by atoms with van der Waals surface area (Å²) in [6, 6.07) is 14.1. The second-order valence-corrected chi connectivity index (χ2v) is 9.24. The molecule has 3 heterocycles. The Morgan fingerprint density at radius 2 is 1.82 bits per heavy atom. The van der Waals surface area contributed by atoms with Gasteiger partial charge in [-0.25, -0.2) is 0 Å². The van der Waals surface area contributed by atoms with E-state index >= 15 is 0 Å². The van der Waals surface area contributed by atoms with E-state index in [-0.39, 0.29) is 11.8 Å². The molecule has 1 fully saturated rings. The van der Waals surface area contributed by atoms with E-state index in [9.17, 15) is 4.79 Å². The molecule has 0 N–H and O–H groups in total. The van der Waals surface area contributed by atoms with Crippen molar-refractivity contribution in [1.82, 2.24) is 24.8 Å². The van der Waals surface area contributed by atoms with Gasteiger partial charge in [-0.1, -0.05) is 43.3 Å². The molecule has 0 unspecified atom stereocenters. The number of nitrogens with zero attached hydrogens (tertiary/aromatic N) is 5. The Kier molecular flexibility index (Phi) is 5.48. The maximum absolute atomic E-state index is 12.9. The largest absolute Gasteiger partial charge is 0.339 e. The van der Waals surface area contributed by atoms with Crippen LogP contribution in [0.4, 0.5) is 0 Å². The quantitative estimate of drug-likeness (QED) is 0.440. The summed E-state index contributed by atoms with van der Waals surface area (Å²) in [4.78, 5) is 19.5. The fourth-order valence-corrected chi connectivity index (χ4v) is 4.62. The molecule has 1 aliphatic heterocycles. The Bertz CT molecular complexity index is 1290. The Balaban J connectivity index is 1.26. The van der Waals surface area contributed by atoms with Gasteiger partial charge in [-0.05, 0) is 49.4 Å². The number of amides is 1. The van der Waals surface area contributed by atoms with Gasteiger partial charge in [0.05, 0.1) is 11.2 Å². The third-order valence-corrected chi connectivity index (χ3v) is 6.69. The number of piperidine rings is 1. The molecular formula is C26H29N5O2. The van der Waals surface area contributed by atoms with Gasteiger partial charge in [0.1, 0.15) is 0 Å². The summed E-state index contributed by atoms with van der Waals surface area (Å²) in [6.45, 7) is 7.69. The van der Waals surface area contributed by atoms with Crippen LogP contribution < -0.4 is 0 Å². The lowest BCUT2D eigenvalue weighted by atomic mass is 9.96. The van der Waals surface area contributed by atoms with Gasteiger partial charge in [0.25, 0.3) is 5.91 Å². The Hall–Kier alpha value is -3.48. The van der Waals surface area contributed by atoms with E-state index in [0.717, 1.165) is 40.6 Å². The zero-order valence-electron chi connectivity index (χ0n) is 19.6. The summed E-state index contributed by atoms with van der Waals surface area (Å²) in [6.07, 6.45) is 1.63. The number of benzene rings is 2. The van der Waals surface area contributed by atoms with E-state index in [2.05, 4.69) is 48.4 Å². The van der Waals surface area contributed by atoms with Gasteiger partial charge >= 0.3 is 0 Å². The predicted molar refractivity (Wildman–Crippen MR) is 127 cm³/mol. The lowest BCUT2D eigenvalue weighted by molar-refractivity contribution is 0.0704. The highest BCUT2D eigenvalue weighted by Gasteiger charge is 2.28. The molecule has 2 aromatic heterocycles. The summed E-state index contributed by atoms with van der Waals surface area (Å²) in [7, 11) is 1.94. The van der Waals surface area contributed by atoms with Gasteiger partial charge in [-0.15, -0.1) is 0 Å². The number of fused-ring (bicyclic) bond motifs is 1. The van der Waals surface area contributed by atoms with E-state index < -0.39 is 0 Å². The second-order valence-electron chi connectivity index (χ2n) is 9.24. The van der Waals surface area contributed by atoms with E-state index in [1.165, 1.54) is 5.56 Å². The minimum Gasteiger partial charge on any atom is -0.339 e. The molecule has 7 heteroatoms. The van der Waals surface area contributed by atoms with Crippen LogP contribution in [0.2, 0.25) is 0 Å². The highest BCUT2D eigenvalue weighted by atomic mass is 16.5. The van der Waals surface area contributed by atoms with Gasteiger partial charge in [0, 0.05) is 42.6 Å². The third kappa shape index (κ3) is 4.03. The van der Waals surface area contributed by atoms with Gasteiger partial charge in [0.2, 0.25) is 11.7 Å². The highest BCUT2D eigenvalue weighted by molar-refractivity contribution is 5.94. The first-order valence-electron chi connectivity index (χ1n) is 11.6. The van der Waals surface area contributed by atoms with Crippen molar-refractivity contribution in [1.29, 1.82) is 0 Å². The van der Waals surface area contributed by atoms with Crippen molar-refractivity contribution in [3.8, 4) is 11.4 Å². The lowest BCUT2D eigenvalue weighted by Gasteiger charge is -2.30. The number of carbonyl (C=O) groups excluding carboxylic acids is 1. The fraction of sp³-hybridized carbons (Fsp3) is 0.385. The first kappa shape index (κ1) is 21.4. The van der Waals surface area contributed by atoms with Crippen LogP contribution in [-0.2, 0) is 7.05 Å². The Morgan fingerprint density at radius 3 is 2.52 bits per heavy atom. The molecular weight excluding hydrogens is 414 g/mol. The van der Waals surface area contributed by atoms with E-state index in [0.29, 0.717) is 30.7 Å². The SMILES string of the molecule is Cc1nn(C)c2cc(-c3noc(C4CCN(C(=O)c5ccc(C(C)C)cc5)CC4)n3)ccc12. The highest BCUT2D eigenvalue weighted by Crippen LogP contribution is 2.30. The van der Waals surface area contributed by atoms with Crippen molar-refractivity contribution in [3.63, 3.8) is 0 Å². The molecule has 1 amide bonds. The van der Waals surface area contributed by atoms with E-state index in [1.54, 1.807) is 0 Å². The Labute approximate surface area is 193 Å². The summed E-state index contributed by atoms with van der Waals surface area (Å²) in [5.74, 6) is 1.96. The van der Waals surface area contributed by atoms with Crippen molar-refractivity contribution >= 4 is 16.8 Å². The minimum absolute atomic E-state index is 0.0924. The molecule has 4 aromatic rings. The number of carbonyl (C=O) groups is 1. The standard InChI is InChI=1S/C26H29N5O2/c1-16(2)18-5-7-20(8-6-18)26(32)31-13-11-19(12-14-31)25-27-24(29-33-25)21-9-10-22-17(3)28-30(4)23(22)15-21/h5-10,15-16,19H,11-14H2,1-4H3. The van der Waals surface area contributed by atoms with Crippen molar-refractivity contribution in [2.24, 2.45) is 7.05 Å². The zero-order valence-corrected chi connectivity index (χ0v) is 19.6. The summed E-state index contributed by atoms with van der Waals surface area (Å²) in [5.41, 5.74) is 4.96. The number of rotatable bonds is 4. The van der Waals surface area contributed by atoms with Gasteiger partial charge < -0.3 is 9.42 Å². The van der Waals surface area contributed by atoms with Crippen LogP contribution >= 0.6 is 0 Å². The molecule has 0 spiro atoms. The molecule has 0 saturated carbocycles. The topological polar surface area (TPSA) is 77.0 Å². The number of aromatic nitrogens is 4. The molecule has 1 aliphatic rings. The monoisotopic (exact) mass is 443 g/mol. The molecule has 0 atom stereocenters. The van der Waals surface area contributed by atoms with E-state index in [4.69, 9.17) is 9.51 Å². The van der Waals surface area contributed by atoms with Crippen LogP contribution in [0.3, 0.4) is 0 Å². The first-order chi connectivity index (χ1) is 15.9. The number of hydrogen-bond acceptors (Lipinski definition) is 5. The van der Waals surface area contributed by atoms with Gasteiger partial charge in [0.15, 0.2) is 0 Å². The fourth-order valence-electron chi connectivity index (χ4n) is 4.62. The van der Waals surface area contributed by atoms with Gasteiger partial charge in [-0.2, -0.15) is 10.1 Å². The van der Waals surface area contributed by atoms with Crippen molar-refractivity contribution in [3.05, 3.63) is 65.2 Å². The molecule has 5 rings (SSSR count). The molecule has 1 saturated heterocycles. The number of likely N-dealkylation sites (tertiary alicyclic amines) is 1. The summed E-state index contributed by atoms with van der Waals surface area (Å²) < 4.78 is 7.51. The van der Waals surface area contributed by atoms with Crippen LogP contribution in [0.1, 0.15) is 66.0 Å². The average Bonchev–Trinajstić information content (AvgIpc) is 3.43. The summed E-state index contributed by atoms with van der Waals surface area (Å²) >= 11 is 0. The predicted octanol–water partition coefficient (Wildman–Crippen LogP) is 5.07. The zero-order chi connectivity index (χ0) is 23.1. The van der Waals surface area contributed by atoms with Crippen LogP contribution in [-0.4, -0.2) is 43.8 Å². The molecule has 0 aliphatic carbocycles. The molecule has 7 nitrogen and oxygen atoms in total. The number of aryl methyl sites for hydroxylation is 2. The maximum Gasteiger partial charge on any atom is 0.253 e. The van der Waals surface area contributed by atoms with Gasteiger partial charge in [-0.3, -0.25) is 9.48 Å². The normalized spacial score (nSPS) is 15.0.